The Morgan fingerprint density at radius 2 is 2.10 bits per heavy atom. The lowest BCUT2D eigenvalue weighted by Gasteiger charge is -2.26. The molecule has 0 spiro atoms. The number of rotatable bonds is 5. The summed E-state index contributed by atoms with van der Waals surface area (Å²) < 4.78 is 6.05. The van der Waals surface area contributed by atoms with Gasteiger partial charge in [0.1, 0.15) is 0 Å². The van der Waals surface area contributed by atoms with Gasteiger partial charge in [-0.15, -0.1) is 0 Å². The first-order valence-corrected chi connectivity index (χ1v) is 8.20. The molecule has 5 heteroatoms. The monoisotopic (exact) mass is 290 g/mol. The average molecular weight is 290 g/mol. The molecule has 21 heavy (non-hydrogen) atoms. The molecular formula is C16H26N4O. The molecule has 0 saturated carbocycles. The van der Waals surface area contributed by atoms with Crippen LogP contribution >= 0.6 is 0 Å². The fraction of sp³-hybridized carbons (Fsp3) is 0.750. The molecule has 1 aromatic heterocycles. The zero-order valence-corrected chi connectivity index (χ0v) is 13.0. The summed E-state index contributed by atoms with van der Waals surface area (Å²) in [6.07, 6.45) is 7.34. The maximum atomic E-state index is 6.05. The van der Waals surface area contributed by atoms with Crippen LogP contribution in [0.5, 0.6) is 0 Å². The van der Waals surface area contributed by atoms with Crippen molar-refractivity contribution >= 4 is 5.95 Å². The van der Waals surface area contributed by atoms with Crippen molar-refractivity contribution in [2.24, 2.45) is 0 Å². The molecule has 0 bridgehead atoms. The van der Waals surface area contributed by atoms with E-state index in [0.29, 0.717) is 6.10 Å². The van der Waals surface area contributed by atoms with E-state index < -0.39 is 0 Å². The second-order valence-electron chi connectivity index (χ2n) is 6.13. The van der Waals surface area contributed by atoms with Crippen molar-refractivity contribution in [3.8, 4) is 0 Å². The van der Waals surface area contributed by atoms with Crippen LogP contribution in [0.3, 0.4) is 0 Å². The van der Waals surface area contributed by atoms with Gasteiger partial charge in [0.05, 0.1) is 12.7 Å². The number of ether oxygens (including phenoxy) is 1. The van der Waals surface area contributed by atoms with Crippen LogP contribution in [0.1, 0.15) is 31.4 Å². The van der Waals surface area contributed by atoms with Crippen molar-refractivity contribution in [2.45, 2.75) is 38.7 Å². The largest absolute Gasteiger partial charge is 0.375 e. The van der Waals surface area contributed by atoms with Gasteiger partial charge in [-0.3, -0.25) is 0 Å². The minimum atomic E-state index is 0.332. The number of hydrogen-bond acceptors (Lipinski definition) is 5. The van der Waals surface area contributed by atoms with E-state index in [0.717, 1.165) is 44.3 Å². The Balaban J connectivity index is 1.40. The number of anilines is 1. The zero-order valence-electron chi connectivity index (χ0n) is 13.0. The summed E-state index contributed by atoms with van der Waals surface area (Å²) in [7, 11) is 0. The zero-order chi connectivity index (χ0) is 14.5. The Kier molecular flexibility index (Phi) is 5.04. The van der Waals surface area contributed by atoms with Gasteiger partial charge in [0.2, 0.25) is 5.95 Å². The molecule has 116 valence electrons. The van der Waals surface area contributed by atoms with Crippen molar-refractivity contribution in [2.75, 3.05) is 44.2 Å². The van der Waals surface area contributed by atoms with Crippen LogP contribution in [0, 0.1) is 6.92 Å². The van der Waals surface area contributed by atoms with Gasteiger partial charge in [-0.2, -0.15) is 0 Å². The Morgan fingerprint density at radius 3 is 2.90 bits per heavy atom. The highest BCUT2D eigenvalue weighted by Crippen LogP contribution is 2.18. The minimum absolute atomic E-state index is 0.332. The quantitative estimate of drug-likeness (QED) is 0.828. The lowest BCUT2D eigenvalue weighted by Crippen LogP contribution is -2.34. The molecule has 3 heterocycles. The second-order valence-corrected chi connectivity index (χ2v) is 6.13. The van der Waals surface area contributed by atoms with Gasteiger partial charge in [-0.1, -0.05) is 6.42 Å². The summed E-state index contributed by atoms with van der Waals surface area (Å²) in [4.78, 5) is 13.6. The predicted octanol–water partition coefficient (Wildman–Crippen LogP) is 1.87. The molecule has 0 aromatic carbocycles. The Bertz CT molecular complexity index is 448. The molecule has 5 nitrogen and oxygen atoms in total. The van der Waals surface area contributed by atoms with Gasteiger partial charge in [-0.05, 0) is 45.3 Å². The third-order valence-electron chi connectivity index (χ3n) is 4.42. The molecular weight excluding hydrogens is 264 g/mol. The number of piperidine rings is 1. The molecule has 0 aliphatic carbocycles. The maximum Gasteiger partial charge on any atom is 0.225 e. The van der Waals surface area contributed by atoms with Gasteiger partial charge < -0.3 is 14.5 Å². The minimum Gasteiger partial charge on any atom is -0.375 e. The summed E-state index contributed by atoms with van der Waals surface area (Å²) in [6, 6.07) is 1.94. The molecule has 0 radical (unpaired) electrons. The first-order chi connectivity index (χ1) is 10.3. The van der Waals surface area contributed by atoms with Crippen LogP contribution in [0.15, 0.2) is 12.3 Å². The molecule has 3 rings (SSSR count). The molecule has 2 saturated heterocycles. The molecule has 0 N–H and O–H groups in total. The van der Waals surface area contributed by atoms with Crippen LogP contribution < -0.4 is 4.90 Å². The van der Waals surface area contributed by atoms with E-state index in [1.807, 2.05) is 19.2 Å². The van der Waals surface area contributed by atoms with Gasteiger partial charge in [0.25, 0.3) is 0 Å². The average Bonchev–Trinajstić information content (AvgIpc) is 2.97. The van der Waals surface area contributed by atoms with Crippen molar-refractivity contribution in [1.82, 2.24) is 14.9 Å². The molecule has 2 aliphatic heterocycles. The fourth-order valence-electron chi connectivity index (χ4n) is 3.17. The SMILES string of the molecule is Cc1ccnc(N2CC[C@@H](OCCN3CCCCC3)C2)n1. The van der Waals surface area contributed by atoms with E-state index in [2.05, 4.69) is 19.8 Å². The third-order valence-corrected chi connectivity index (χ3v) is 4.42. The lowest BCUT2D eigenvalue weighted by molar-refractivity contribution is 0.0466. The highest BCUT2D eigenvalue weighted by Gasteiger charge is 2.25. The number of hydrogen-bond donors (Lipinski definition) is 0. The number of likely N-dealkylation sites (tertiary alicyclic amines) is 1. The van der Waals surface area contributed by atoms with Crippen LogP contribution in [0.25, 0.3) is 0 Å². The van der Waals surface area contributed by atoms with Gasteiger partial charge in [0.15, 0.2) is 0 Å². The van der Waals surface area contributed by atoms with Crippen LogP contribution in [0.4, 0.5) is 5.95 Å². The van der Waals surface area contributed by atoms with Crippen LogP contribution in [0.2, 0.25) is 0 Å². The van der Waals surface area contributed by atoms with E-state index in [1.165, 1.54) is 32.4 Å². The van der Waals surface area contributed by atoms with Crippen molar-refractivity contribution in [3.63, 3.8) is 0 Å². The molecule has 1 atom stereocenters. The van der Waals surface area contributed by atoms with E-state index in [4.69, 9.17) is 4.74 Å². The Morgan fingerprint density at radius 1 is 1.24 bits per heavy atom. The van der Waals surface area contributed by atoms with Gasteiger partial charge >= 0.3 is 0 Å². The molecule has 2 fully saturated rings. The Labute approximate surface area is 127 Å². The highest BCUT2D eigenvalue weighted by molar-refractivity contribution is 5.32. The Hall–Kier alpha value is -1.20. The topological polar surface area (TPSA) is 41.5 Å². The summed E-state index contributed by atoms with van der Waals surface area (Å²) in [6.45, 7) is 8.36. The summed E-state index contributed by atoms with van der Waals surface area (Å²) >= 11 is 0. The molecule has 2 aliphatic rings. The predicted molar refractivity (Wildman–Crippen MR) is 83.6 cm³/mol. The maximum absolute atomic E-state index is 6.05. The van der Waals surface area contributed by atoms with E-state index in [9.17, 15) is 0 Å². The fourth-order valence-corrected chi connectivity index (χ4v) is 3.17. The van der Waals surface area contributed by atoms with Gasteiger partial charge in [-0.25, -0.2) is 9.97 Å². The van der Waals surface area contributed by atoms with Crippen LogP contribution in [-0.2, 0) is 4.74 Å². The van der Waals surface area contributed by atoms with E-state index in [1.54, 1.807) is 0 Å². The standard InChI is InChI=1S/C16H26N4O/c1-14-5-7-17-16(18-14)20-10-6-15(13-20)21-12-11-19-8-3-2-4-9-19/h5,7,15H,2-4,6,8-13H2,1H3/t15-/m1/s1. The molecule has 1 aromatic rings. The number of aromatic nitrogens is 2. The highest BCUT2D eigenvalue weighted by atomic mass is 16.5. The molecule has 0 amide bonds. The smallest absolute Gasteiger partial charge is 0.225 e. The number of nitrogens with zero attached hydrogens (tertiary/aromatic N) is 4. The van der Waals surface area contributed by atoms with Crippen LogP contribution in [-0.4, -0.2) is 60.3 Å². The third kappa shape index (κ3) is 4.14. The second kappa shape index (κ2) is 7.18. The summed E-state index contributed by atoms with van der Waals surface area (Å²) in [5.74, 6) is 0.845. The lowest BCUT2D eigenvalue weighted by atomic mass is 10.1. The van der Waals surface area contributed by atoms with Crippen molar-refractivity contribution in [1.29, 1.82) is 0 Å². The van der Waals surface area contributed by atoms with Crippen molar-refractivity contribution in [3.05, 3.63) is 18.0 Å². The molecule has 0 unspecified atom stereocenters. The first-order valence-electron chi connectivity index (χ1n) is 8.20. The first kappa shape index (κ1) is 14.7. The van der Waals surface area contributed by atoms with Crippen molar-refractivity contribution < 1.29 is 4.74 Å². The summed E-state index contributed by atoms with van der Waals surface area (Å²) in [5.41, 5.74) is 1.02. The van der Waals surface area contributed by atoms with Gasteiger partial charge in [0, 0.05) is 31.5 Å². The van der Waals surface area contributed by atoms with E-state index >= 15 is 0 Å². The normalized spacial score (nSPS) is 23.7. The number of aryl methyl sites for hydroxylation is 1. The summed E-state index contributed by atoms with van der Waals surface area (Å²) in [5, 5.41) is 0. The van der Waals surface area contributed by atoms with E-state index in [-0.39, 0.29) is 0 Å².